The van der Waals surface area contributed by atoms with Crippen molar-refractivity contribution in [2.24, 2.45) is 0 Å². The van der Waals surface area contributed by atoms with Crippen molar-refractivity contribution >= 4 is 68.4 Å². The Morgan fingerprint density at radius 1 is 1.39 bits per heavy atom. The maximum absolute atomic E-state index is 13.3. The second kappa shape index (κ2) is 6.53. The van der Waals surface area contributed by atoms with Crippen LogP contribution < -0.4 is 0 Å². The van der Waals surface area contributed by atoms with E-state index in [0.29, 0.717) is 3.71 Å². The van der Waals surface area contributed by atoms with Gasteiger partial charge in [-0.2, -0.15) is 5.26 Å². The molecule has 0 aromatic rings. The number of sulfonamides is 1. The highest BCUT2D eigenvalue weighted by atomic mass is 35.5. The van der Waals surface area contributed by atoms with Gasteiger partial charge in [0.15, 0.2) is 0 Å². The highest BCUT2D eigenvalue weighted by Gasteiger charge is 2.52. The van der Waals surface area contributed by atoms with Crippen molar-refractivity contribution < 1.29 is 12.8 Å². The van der Waals surface area contributed by atoms with Crippen molar-refractivity contribution in [3.8, 4) is 6.07 Å². The molecule has 0 aromatic heterocycles. The summed E-state index contributed by atoms with van der Waals surface area (Å²) in [6.45, 7) is 2.19. The van der Waals surface area contributed by atoms with Gasteiger partial charge in [-0.1, -0.05) is 46.4 Å². The zero-order valence-electron chi connectivity index (χ0n) is 9.20. The third kappa shape index (κ3) is 4.75. The van der Waals surface area contributed by atoms with Gasteiger partial charge in [-0.15, -0.1) is 3.71 Å². The van der Waals surface area contributed by atoms with Crippen molar-refractivity contribution in [1.82, 2.24) is 3.71 Å². The van der Waals surface area contributed by atoms with E-state index in [-0.39, 0.29) is 11.9 Å². The molecule has 0 rings (SSSR count). The summed E-state index contributed by atoms with van der Waals surface area (Å²) in [5, 5.41) is 7.72. The molecule has 0 spiro atoms. The number of nitriles is 1. The van der Waals surface area contributed by atoms with E-state index in [1.54, 1.807) is 6.07 Å². The minimum Gasteiger partial charge on any atom is -0.211 e. The number of rotatable bonds is 6. The maximum atomic E-state index is 13.3. The summed E-state index contributed by atoms with van der Waals surface area (Å²) in [7, 11) is -3.87. The van der Waals surface area contributed by atoms with Crippen LogP contribution >= 0.6 is 58.4 Å². The van der Waals surface area contributed by atoms with Gasteiger partial charge in [-0.05, 0) is 25.8 Å². The number of hydrogen-bond donors (Lipinski definition) is 0. The molecule has 0 aliphatic carbocycles. The van der Waals surface area contributed by atoms with E-state index in [4.69, 9.17) is 51.7 Å². The molecule has 0 fully saturated rings. The van der Waals surface area contributed by atoms with Gasteiger partial charge in [0.1, 0.15) is 6.54 Å². The first-order chi connectivity index (χ1) is 7.86. The van der Waals surface area contributed by atoms with Crippen molar-refractivity contribution in [3.05, 3.63) is 0 Å². The Labute approximate surface area is 129 Å². The molecule has 11 heteroatoms. The normalized spacial score (nSPS) is 14.0. The van der Waals surface area contributed by atoms with E-state index in [1.807, 2.05) is 0 Å². The molecule has 18 heavy (non-hydrogen) atoms. The van der Waals surface area contributed by atoms with Gasteiger partial charge in [0.25, 0.3) is 0 Å². The Bertz CT molecular complexity index is 430. The van der Waals surface area contributed by atoms with Crippen LogP contribution in [0.15, 0.2) is 0 Å². The Morgan fingerprint density at radius 3 is 2.11 bits per heavy atom. The Kier molecular flexibility index (Phi) is 6.83. The third-order valence-corrected chi connectivity index (χ3v) is 7.32. The molecule has 106 valence electrons. The van der Waals surface area contributed by atoms with Crippen LogP contribution in [0.4, 0.5) is 4.39 Å². The Hall–Kier alpha value is 0.840. The molecule has 0 heterocycles. The van der Waals surface area contributed by atoms with Gasteiger partial charge in [-0.25, -0.2) is 12.8 Å². The first-order valence-electron chi connectivity index (χ1n) is 4.38. The summed E-state index contributed by atoms with van der Waals surface area (Å²) < 4.78 is 32.0. The van der Waals surface area contributed by atoms with Crippen LogP contribution in [0.2, 0.25) is 0 Å². The van der Waals surface area contributed by atoms with Crippen molar-refractivity contribution in [1.29, 1.82) is 5.26 Å². The van der Waals surface area contributed by atoms with Crippen LogP contribution in [0.5, 0.6) is 0 Å². The van der Waals surface area contributed by atoms with E-state index < -0.39 is 30.1 Å². The fraction of sp³-hybridized carbons (Fsp3) is 0.857. The van der Waals surface area contributed by atoms with Crippen molar-refractivity contribution in [3.63, 3.8) is 0 Å². The van der Waals surface area contributed by atoms with Gasteiger partial charge >= 0.3 is 4.59 Å². The molecule has 0 atom stereocenters. The van der Waals surface area contributed by atoms with Crippen LogP contribution in [0.1, 0.15) is 13.8 Å². The quantitative estimate of drug-likeness (QED) is 0.404. The van der Waals surface area contributed by atoms with Gasteiger partial charge in [0, 0.05) is 0 Å². The molecule has 0 aromatic carbocycles. The lowest BCUT2D eigenvalue weighted by Crippen LogP contribution is -2.38. The van der Waals surface area contributed by atoms with Gasteiger partial charge in [0.2, 0.25) is 13.7 Å². The predicted molar refractivity (Wildman–Crippen MR) is 73.9 cm³/mol. The molecule has 0 saturated heterocycles. The minimum atomic E-state index is -3.87. The summed E-state index contributed by atoms with van der Waals surface area (Å²) in [6, 6.07) is 1.60. The second-order valence-corrected chi connectivity index (χ2v) is 10.2. The molecule has 0 N–H and O–H groups in total. The molecule has 0 bridgehead atoms. The highest BCUT2D eigenvalue weighted by Crippen LogP contribution is 2.53. The number of alkyl halides is 5. The zero-order valence-corrected chi connectivity index (χ0v) is 13.9. The summed E-state index contributed by atoms with van der Waals surface area (Å²) in [6.07, 6.45) is 0. The second-order valence-electron chi connectivity index (χ2n) is 3.32. The standard InChI is InChI=1S/C7H9Cl4FN2O2S2/c1-5(2)18(15,16)14(4-3-13)17-7(10,11)6(8,9)12/h5H,4H2,1-2H3. The number of halogens is 5. The van der Waals surface area contributed by atoms with Crippen LogP contribution in [0.3, 0.4) is 0 Å². The lowest BCUT2D eigenvalue weighted by molar-refractivity contribution is 0.399. The summed E-state index contributed by atoms with van der Waals surface area (Å²) in [5.74, 6) is 0. The molecule has 0 unspecified atom stereocenters. The average molecular weight is 378 g/mol. The van der Waals surface area contributed by atoms with Gasteiger partial charge < -0.3 is 0 Å². The molecule has 0 aliphatic heterocycles. The molecular formula is C7H9Cl4FN2O2S2. The fourth-order valence-electron chi connectivity index (χ4n) is 0.647. The lowest BCUT2D eigenvalue weighted by atomic mass is 10.6. The number of nitrogens with zero attached hydrogens (tertiary/aromatic N) is 2. The molecule has 0 radical (unpaired) electrons. The van der Waals surface area contributed by atoms with Gasteiger partial charge in [0.05, 0.1) is 11.3 Å². The summed E-state index contributed by atoms with van der Waals surface area (Å²) in [4.78, 5) is 0. The number of hydrogen-bond acceptors (Lipinski definition) is 4. The fourth-order valence-corrected chi connectivity index (χ4v) is 4.06. The topological polar surface area (TPSA) is 61.2 Å². The predicted octanol–water partition coefficient (Wildman–Crippen LogP) is 3.43. The van der Waals surface area contributed by atoms with E-state index in [2.05, 4.69) is 0 Å². The molecule has 4 nitrogen and oxygen atoms in total. The van der Waals surface area contributed by atoms with Crippen LogP contribution in [0.25, 0.3) is 0 Å². The Morgan fingerprint density at radius 2 is 1.83 bits per heavy atom. The molecule has 0 saturated carbocycles. The van der Waals surface area contributed by atoms with Crippen LogP contribution in [0, 0.1) is 11.3 Å². The van der Waals surface area contributed by atoms with Crippen LogP contribution in [-0.4, -0.2) is 32.2 Å². The zero-order chi connectivity index (χ0) is 14.8. The monoisotopic (exact) mass is 376 g/mol. The van der Waals surface area contributed by atoms with E-state index in [1.165, 1.54) is 13.8 Å². The highest BCUT2D eigenvalue weighted by molar-refractivity contribution is 8.11. The minimum absolute atomic E-state index is 0.129. The van der Waals surface area contributed by atoms with E-state index >= 15 is 0 Å². The van der Waals surface area contributed by atoms with Crippen LogP contribution in [-0.2, 0) is 10.0 Å². The summed E-state index contributed by atoms with van der Waals surface area (Å²) in [5.41, 5.74) is 0. The molecular weight excluding hydrogens is 369 g/mol. The Balaban J connectivity index is 5.28. The lowest BCUT2D eigenvalue weighted by Gasteiger charge is -2.30. The van der Waals surface area contributed by atoms with E-state index in [9.17, 15) is 12.8 Å². The van der Waals surface area contributed by atoms with Crippen molar-refractivity contribution in [2.45, 2.75) is 27.3 Å². The van der Waals surface area contributed by atoms with Gasteiger partial charge in [-0.3, -0.25) is 0 Å². The smallest absolute Gasteiger partial charge is 0.211 e. The molecule has 0 aliphatic rings. The average Bonchev–Trinajstić information content (AvgIpc) is 2.14. The van der Waals surface area contributed by atoms with Crippen molar-refractivity contribution in [2.75, 3.05) is 6.54 Å². The maximum Gasteiger partial charge on any atom is 0.301 e. The first-order valence-corrected chi connectivity index (χ1v) is 8.17. The van der Waals surface area contributed by atoms with E-state index in [0.717, 1.165) is 0 Å². The largest absolute Gasteiger partial charge is 0.301 e. The molecule has 0 amide bonds. The third-order valence-electron chi connectivity index (χ3n) is 1.63. The summed E-state index contributed by atoms with van der Waals surface area (Å²) >= 11 is 21.4. The first kappa shape index (κ1) is 18.8. The SMILES string of the molecule is CC(C)S(=O)(=O)N(CC#N)SC(Cl)(Cl)C(F)(Cl)Cl.